The van der Waals surface area contributed by atoms with Crippen molar-refractivity contribution in [1.82, 2.24) is 9.78 Å². The number of rotatable bonds is 2. The van der Waals surface area contributed by atoms with Crippen molar-refractivity contribution in [3.05, 3.63) is 51.4 Å². The largest absolute Gasteiger partial charge is 0.375 e. The highest BCUT2D eigenvalue weighted by Crippen LogP contribution is 2.19. The van der Waals surface area contributed by atoms with Gasteiger partial charge in [0.15, 0.2) is 0 Å². The first kappa shape index (κ1) is 11.9. The van der Waals surface area contributed by atoms with E-state index in [2.05, 4.69) is 21.0 Å². The molecule has 0 bridgehead atoms. The van der Waals surface area contributed by atoms with E-state index in [9.17, 15) is 4.79 Å². The second-order valence-electron chi connectivity index (χ2n) is 3.79. The highest BCUT2D eigenvalue weighted by Gasteiger charge is 2.10. The molecule has 0 amide bonds. The van der Waals surface area contributed by atoms with Gasteiger partial charge in [0.2, 0.25) is 0 Å². The monoisotopic (exact) mass is 293 g/mol. The van der Waals surface area contributed by atoms with Crippen molar-refractivity contribution in [2.24, 2.45) is 0 Å². The topological polar surface area (TPSA) is 38.1 Å². The Morgan fingerprint density at radius 1 is 1.24 bits per heavy atom. The van der Waals surface area contributed by atoms with Crippen LogP contribution in [-0.4, -0.2) is 23.9 Å². The van der Waals surface area contributed by atoms with Gasteiger partial charge in [-0.2, -0.15) is 9.78 Å². The van der Waals surface area contributed by atoms with Crippen molar-refractivity contribution in [3.63, 3.8) is 0 Å². The molecule has 5 heteroatoms. The van der Waals surface area contributed by atoms with Crippen molar-refractivity contribution in [1.29, 1.82) is 0 Å². The Morgan fingerprint density at radius 3 is 2.47 bits per heavy atom. The standard InChI is InChI=1S/C12H12BrN3O/c1-15(2)10-8-14-16(12(17)11(10)13)9-6-4-3-5-7-9/h3-8H,1-2H3. The molecule has 88 valence electrons. The lowest BCUT2D eigenvalue weighted by atomic mass is 10.3. The Bertz CT molecular complexity index is 578. The van der Waals surface area contributed by atoms with E-state index in [1.807, 2.05) is 49.3 Å². The van der Waals surface area contributed by atoms with E-state index in [-0.39, 0.29) is 5.56 Å². The van der Waals surface area contributed by atoms with Gasteiger partial charge >= 0.3 is 0 Å². The van der Waals surface area contributed by atoms with Gasteiger partial charge in [0.1, 0.15) is 4.47 Å². The summed E-state index contributed by atoms with van der Waals surface area (Å²) in [5.74, 6) is 0. The quantitative estimate of drug-likeness (QED) is 0.851. The maximum absolute atomic E-state index is 12.1. The molecule has 2 aromatic rings. The van der Waals surface area contributed by atoms with E-state index in [4.69, 9.17) is 0 Å². The molecule has 0 N–H and O–H groups in total. The number of hydrogen-bond donors (Lipinski definition) is 0. The van der Waals surface area contributed by atoms with Gasteiger partial charge in [-0.15, -0.1) is 0 Å². The molecule has 1 aromatic heterocycles. The summed E-state index contributed by atoms with van der Waals surface area (Å²) in [6.45, 7) is 0. The molecule has 0 aliphatic rings. The van der Waals surface area contributed by atoms with E-state index in [0.29, 0.717) is 4.47 Å². The lowest BCUT2D eigenvalue weighted by Crippen LogP contribution is -2.24. The molecular weight excluding hydrogens is 282 g/mol. The average molecular weight is 294 g/mol. The summed E-state index contributed by atoms with van der Waals surface area (Å²) in [5.41, 5.74) is 1.35. The summed E-state index contributed by atoms with van der Waals surface area (Å²) in [6, 6.07) is 9.33. The van der Waals surface area contributed by atoms with Crippen LogP contribution in [0.1, 0.15) is 0 Å². The normalized spacial score (nSPS) is 10.3. The number of benzene rings is 1. The maximum Gasteiger partial charge on any atom is 0.287 e. The highest BCUT2D eigenvalue weighted by molar-refractivity contribution is 9.10. The van der Waals surface area contributed by atoms with Crippen molar-refractivity contribution in [2.45, 2.75) is 0 Å². The van der Waals surface area contributed by atoms with Crippen LogP contribution < -0.4 is 10.5 Å². The molecule has 4 nitrogen and oxygen atoms in total. The van der Waals surface area contributed by atoms with E-state index < -0.39 is 0 Å². The van der Waals surface area contributed by atoms with E-state index in [0.717, 1.165) is 11.4 Å². The van der Waals surface area contributed by atoms with E-state index in [1.54, 1.807) is 6.20 Å². The molecule has 0 fully saturated rings. The summed E-state index contributed by atoms with van der Waals surface area (Å²) in [5, 5.41) is 4.16. The van der Waals surface area contributed by atoms with Crippen LogP contribution in [0.25, 0.3) is 5.69 Å². The molecule has 0 atom stereocenters. The average Bonchev–Trinajstić information content (AvgIpc) is 2.33. The zero-order chi connectivity index (χ0) is 12.4. The lowest BCUT2D eigenvalue weighted by molar-refractivity contribution is 0.796. The minimum atomic E-state index is -0.164. The van der Waals surface area contributed by atoms with Crippen LogP contribution in [0.15, 0.2) is 45.8 Å². The molecule has 1 aromatic carbocycles. The molecule has 0 radical (unpaired) electrons. The van der Waals surface area contributed by atoms with Crippen molar-refractivity contribution in [3.8, 4) is 5.69 Å². The van der Waals surface area contributed by atoms with E-state index in [1.165, 1.54) is 4.68 Å². The van der Waals surface area contributed by atoms with Crippen LogP contribution in [0, 0.1) is 0 Å². The van der Waals surface area contributed by atoms with Gasteiger partial charge in [-0.3, -0.25) is 4.79 Å². The molecule has 0 saturated heterocycles. The summed E-state index contributed by atoms with van der Waals surface area (Å²) >= 11 is 3.31. The Balaban J connectivity index is 2.60. The maximum atomic E-state index is 12.1. The third-order valence-electron chi connectivity index (χ3n) is 2.38. The molecule has 0 aliphatic carbocycles. The first-order chi connectivity index (χ1) is 8.11. The van der Waals surface area contributed by atoms with Gasteiger partial charge in [-0.05, 0) is 28.1 Å². The van der Waals surface area contributed by atoms with Crippen LogP contribution in [-0.2, 0) is 0 Å². The van der Waals surface area contributed by atoms with Crippen LogP contribution in [0.3, 0.4) is 0 Å². The zero-order valence-electron chi connectivity index (χ0n) is 9.59. The minimum absolute atomic E-state index is 0.164. The second-order valence-corrected chi connectivity index (χ2v) is 4.58. The predicted octanol–water partition coefficient (Wildman–Crippen LogP) is 2.06. The first-order valence-corrected chi connectivity index (χ1v) is 5.91. The molecule has 2 rings (SSSR count). The Hall–Kier alpha value is -1.62. The Kier molecular flexibility index (Phi) is 3.28. The summed E-state index contributed by atoms with van der Waals surface area (Å²) in [7, 11) is 3.74. The SMILES string of the molecule is CN(C)c1cnn(-c2ccccc2)c(=O)c1Br. The number of anilines is 1. The van der Waals surface area contributed by atoms with Gasteiger partial charge in [0.25, 0.3) is 5.56 Å². The minimum Gasteiger partial charge on any atom is -0.375 e. The molecule has 0 saturated carbocycles. The summed E-state index contributed by atoms with van der Waals surface area (Å²) in [6.07, 6.45) is 1.67. The number of halogens is 1. The number of hydrogen-bond acceptors (Lipinski definition) is 3. The van der Waals surface area contributed by atoms with Gasteiger partial charge in [-0.25, -0.2) is 0 Å². The van der Waals surface area contributed by atoms with Gasteiger partial charge in [-0.1, -0.05) is 18.2 Å². The smallest absolute Gasteiger partial charge is 0.287 e. The molecule has 1 heterocycles. The van der Waals surface area contributed by atoms with E-state index >= 15 is 0 Å². The number of para-hydroxylation sites is 1. The van der Waals surface area contributed by atoms with Gasteiger partial charge in [0, 0.05) is 14.1 Å². The molecular formula is C12H12BrN3O. The van der Waals surface area contributed by atoms with Crippen LogP contribution in [0.5, 0.6) is 0 Å². The molecule has 0 aliphatic heterocycles. The fourth-order valence-corrected chi connectivity index (χ4v) is 2.11. The molecule has 17 heavy (non-hydrogen) atoms. The third kappa shape index (κ3) is 2.24. The molecule has 0 spiro atoms. The number of nitrogens with zero attached hydrogens (tertiary/aromatic N) is 3. The third-order valence-corrected chi connectivity index (χ3v) is 3.13. The van der Waals surface area contributed by atoms with Crippen molar-refractivity contribution in [2.75, 3.05) is 19.0 Å². The first-order valence-electron chi connectivity index (χ1n) is 5.12. The summed E-state index contributed by atoms with van der Waals surface area (Å²) < 4.78 is 1.89. The fourth-order valence-electron chi connectivity index (χ4n) is 1.49. The lowest BCUT2D eigenvalue weighted by Gasteiger charge is -2.14. The van der Waals surface area contributed by atoms with Crippen molar-refractivity contribution >= 4 is 21.6 Å². The van der Waals surface area contributed by atoms with Crippen LogP contribution in [0.2, 0.25) is 0 Å². The Labute approximate surface area is 108 Å². The van der Waals surface area contributed by atoms with Gasteiger partial charge < -0.3 is 4.90 Å². The number of aromatic nitrogens is 2. The van der Waals surface area contributed by atoms with Crippen LogP contribution >= 0.6 is 15.9 Å². The van der Waals surface area contributed by atoms with Crippen LogP contribution in [0.4, 0.5) is 5.69 Å². The highest BCUT2D eigenvalue weighted by atomic mass is 79.9. The summed E-state index contributed by atoms with van der Waals surface area (Å²) in [4.78, 5) is 14.0. The fraction of sp³-hybridized carbons (Fsp3) is 0.167. The zero-order valence-corrected chi connectivity index (χ0v) is 11.2. The Morgan fingerprint density at radius 2 is 1.88 bits per heavy atom. The predicted molar refractivity (Wildman–Crippen MR) is 71.9 cm³/mol. The van der Waals surface area contributed by atoms with Crippen molar-refractivity contribution < 1.29 is 0 Å². The molecule has 0 unspecified atom stereocenters. The second kappa shape index (κ2) is 4.71. The van der Waals surface area contributed by atoms with Gasteiger partial charge in [0.05, 0.1) is 17.6 Å².